The fraction of sp³-hybridized carbons (Fsp3) is 0.200. The lowest BCUT2D eigenvalue weighted by molar-refractivity contribution is 0.566. The van der Waals surface area contributed by atoms with Crippen LogP contribution in [0.5, 0.6) is 0 Å². The molecule has 2 aromatic heterocycles. The molecule has 0 aliphatic heterocycles. The summed E-state index contributed by atoms with van der Waals surface area (Å²) in [4.78, 5) is 15.5. The van der Waals surface area contributed by atoms with Crippen LogP contribution in [-0.4, -0.2) is 14.1 Å². The highest BCUT2D eigenvalue weighted by molar-refractivity contribution is 5.33. The van der Waals surface area contributed by atoms with Gasteiger partial charge in [-0.05, 0) is 12.1 Å². The van der Waals surface area contributed by atoms with E-state index in [1.165, 1.54) is 0 Å². The van der Waals surface area contributed by atoms with Crippen LogP contribution in [0.1, 0.15) is 0 Å². The summed E-state index contributed by atoms with van der Waals surface area (Å²) in [6.07, 6.45) is 7.02. The summed E-state index contributed by atoms with van der Waals surface area (Å²) in [7, 11) is 0. The average Bonchev–Trinajstić information content (AvgIpc) is 2.73. The van der Waals surface area contributed by atoms with Gasteiger partial charge < -0.3 is 14.9 Å². The highest BCUT2D eigenvalue weighted by Crippen LogP contribution is 1.93. The Kier molecular flexibility index (Phi) is 2.53. The predicted molar refractivity (Wildman–Crippen MR) is 57.3 cm³/mol. The van der Waals surface area contributed by atoms with Crippen molar-refractivity contribution in [2.45, 2.75) is 13.1 Å². The number of imidazole rings is 1. The van der Waals surface area contributed by atoms with Gasteiger partial charge in [-0.25, -0.2) is 4.98 Å². The molecule has 0 amide bonds. The van der Waals surface area contributed by atoms with Crippen molar-refractivity contribution in [3.05, 3.63) is 47.4 Å². The van der Waals surface area contributed by atoms with Crippen LogP contribution in [0.15, 0.2) is 41.8 Å². The first-order valence-electron chi connectivity index (χ1n) is 4.68. The van der Waals surface area contributed by atoms with E-state index in [0.29, 0.717) is 13.1 Å². The van der Waals surface area contributed by atoms with E-state index in [2.05, 4.69) is 4.98 Å². The second-order valence-electron chi connectivity index (χ2n) is 3.26. The number of nitrogens with zero attached hydrogens (tertiary/aromatic N) is 3. The van der Waals surface area contributed by atoms with E-state index in [0.717, 1.165) is 0 Å². The van der Waals surface area contributed by atoms with E-state index < -0.39 is 0 Å². The third-order valence-corrected chi connectivity index (χ3v) is 2.21. The van der Waals surface area contributed by atoms with Crippen LogP contribution < -0.4 is 11.3 Å². The number of nitrogens with two attached hydrogens (primary N) is 1. The molecular weight excluding hydrogens is 192 g/mol. The molecule has 78 valence electrons. The van der Waals surface area contributed by atoms with Crippen LogP contribution in [0.2, 0.25) is 0 Å². The number of hydrogen-bond acceptors (Lipinski definition) is 3. The third-order valence-electron chi connectivity index (χ3n) is 2.21. The van der Waals surface area contributed by atoms with E-state index in [4.69, 9.17) is 5.73 Å². The van der Waals surface area contributed by atoms with E-state index in [-0.39, 0.29) is 11.2 Å². The van der Waals surface area contributed by atoms with Crippen LogP contribution >= 0.6 is 0 Å². The first-order valence-corrected chi connectivity index (χ1v) is 4.68. The number of anilines is 1. The molecule has 5 heteroatoms. The lowest BCUT2D eigenvalue weighted by atomic mass is 10.4. The third kappa shape index (κ3) is 2.07. The van der Waals surface area contributed by atoms with Gasteiger partial charge in [0.25, 0.3) is 5.56 Å². The topological polar surface area (TPSA) is 65.8 Å². The van der Waals surface area contributed by atoms with Crippen LogP contribution in [0.4, 0.5) is 5.69 Å². The minimum atomic E-state index is -0.141. The molecule has 0 saturated heterocycles. The van der Waals surface area contributed by atoms with Gasteiger partial charge in [0, 0.05) is 31.7 Å². The summed E-state index contributed by atoms with van der Waals surface area (Å²) in [5, 5.41) is 0. The molecule has 2 rings (SSSR count). The molecule has 2 aromatic rings. The molecule has 2 N–H and O–H groups in total. The molecule has 0 unspecified atom stereocenters. The van der Waals surface area contributed by atoms with E-state index in [1.807, 2.05) is 10.8 Å². The Morgan fingerprint density at radius 3 is 2.93 bits per heavy atom. The summed E-state index contributed by atoms with van der Waals surface area (Å²) in [6.45, 7) is 1.31. The molecule has 0 atom stereocenters. The number of nitrogen functional groups attached to an aromatic ring is 1. The Morgan fingerprint density at radius 1 is 1.33 bits per heavy atom. The monoisotopic (exact) mass is 204 g/mol. The minimum absolute atomic E-state index is 0.141. The number of aryl methyl sites for hydroxylation is 2. The van der Waals surface area contributed by atoms with Crippen molar-refractivity contribution >= 4 is 5.69 Å². The molecule has 0 radical (unpaired) electrons. The van der Waals surface area contributed by atoms with Crippen molar-refractivity contribution < 1.29 is 0 Å². The number of pyridine rings is 1. The molecule has 0 aliphatic rings. The normalized spacial score (nSPS) is 10.4. The fourth-order valence-electron chi connectivity index (χ4n) is 1.37. The van der Waals surface area contributed by atoms with Gasteiger partial charge >= 0.3 is 0 Å². The van der Waals surface area contributed by atoms with Gasteiger partial charge in [0.05, 0.1) is 12.0 Å². The SMILES string of the molecule is Nc1cccn(CCn2ccnc2)c1=O. The van der Waals surface area contributed by atoms with Gasteiger partial charge in [0.2, 0.25) is 0 Å². The Morgan fingerprint density at radius 2 is 2.20 bits per heavy atom. The summed E-state index contributed by atoms with van der Waals surface area (Å²) in [5.41, 5.74) is 5.66. The molecule has 15 heavy (non-hydrogen) atoms. The maximum Gasteiger partial charge on any atom is 0.273 e. The maximum atomic E-state index is 11.5. The summed E-state index contributed by atoms with van der Waals surface area (Å²) < 4.78 is 3.50. The highest BCUT2D eigenvalue weighted by atomic mass is 16.1. The van der Waals surface area contributed by atoms with Crippen LogP contribution in [0, 0.1) is 0 Å². The summed E-state index contributed by atoms with van der Waals surface area (Å²) >= 11 is 0. The van der Waals surface area contributed by atoms with Gasteiger partial charge in [-0.1, -0.05) is 0 Å². The van der Waals surface area contributed by atoms with Gasteiger partial charge in [-0.15, -0.1) is 0 Å². The highest BCUT2D eigenvalue weighted by Gasteiger charge is 1.98. The summed E-state index contributed by atoms with van der Waals surface area (Å²) in [5.74, 6) is 0. The van der Waals surface area contributed by atoms with Gasteiger partial charge in [0.15, 0.2) is 0 Å². The van der Waals surface area contributed by atoms with Crippen molar-refractivity contribution in [1.29, 1.82) is 0 Å². The minimum Gasteiger partial charge on any atom is -0.394 e. The zero-order chi connectivity index (χ0) is 10.7. The summed E-state index contributed by atoms with van der Waals surface area (Å²) in [6, 6.07) is 3.38. The quantitative estimate of drug-likeness (QED) is 0.783. The van der Waals surface area contributed by atoms with E-state index in [9.17, 15) is 4.79 Å². The first-order chi connectivity index (χ1) is 7.27. The zero-order valence-corrected chi connectivity index (χ0v) is 8.21. The van der Waals surface area contributed by atoms with E-state index in [1.54, 1.807) is 35.4 Å². The molecule has 0 spiro atoms. The smallest absolute Gasteiger partial charge is 0.273 e. The predicted octanol–water partition coefficient (Wildman–Crippen LogP) is 0.327. The molecule has 0 aromatic carbocycles. The van der Waals surface area contributed by atoms with Crippen molar-refractivity contribution in [3.8, 4) is 0 Å². The van der Waals surface area contributed by atoms with Crippen molar-refractivity contribution in [2.75, 3.05) is 5.73 Å². The fourth-order valence-corrected chi connectivity index (χ4v) is 1.37. The largest absolute Gasteiger partial charge is 0.394 e. The molecule has 0 aliphatic carbocycles. The van der Waals surface area contributed by atoms with Crippen molar-refractivity contribution in [2.24, 2.45) is 0 Å². The van der Waals surface area contributed by atoms with Crippen molar-refractivity contribution in [3.63, 3.8) is 0 Å². The lowest BCUT2D eigenvalue weighted by Crippen LogP contribution is -2.23. The molecule has 0 saturated carbocycles. The lowest BCUT2D eigenvalue weighted by Gasteiger charge is -2.06. The Balaban J connectivity index is 2.12. The molecular formula is C10H12N4O. The van der Waals surface area contributed by atoms with Gasteiger partial charge in [-0.3, -0.25) is 4.79 Å². The Hall–Kier alpha value is -2.04. The van der Waals surface area contributed by atoms with Crippen LogP contribution in [0.25, 0.3) is 0 Å². The van der Waals surface area contributed by atoms with Crippen molar-refractivity contribution in [1.82, 2.24) is 14.1 Å². The Labute approximate surface area is 86.8 Å². The van der Waals surface area contributed by atoms with Crippen LogP contribution in [0.3, 0.4) is 0 Å². The second kappa shape index (κ2) is 4.00. The Bertz CT molecular complexity index is 486. The average molecular weight is 204 g/mol. The first kappa shape index (κ1) is 9.51. The second-order valence-corrected chi connectivity index (χ2v) is 3.26. The van der Waals surface area contributed by atoms with E-state index >= 15 is 0 Å². The van der Waals surface area contributed by atoms with Crippen LogP contribution in [-0.2, 0) is 13.1 Å². The standard InChI is InChI=1S/C10H12N4O/c11-9-2-1-4-14(10(9)15)7-6-13-5-3-12-8-13/h1-5,8H,6-7,11H2. The van der Waals surface area contributed by atoms with Gasteiger partial charge in [-0.2, -0.15) is 0 Å². The number of aromatic nitrogens is 3. The van der Waals surface area contributed by atoms with Gasteiger partial charge in [0.1, 0.15) is 0 Å². The number of rotatable bonds is 3. The number of hydrogen-bond donors (Lipinski definition) is 1. The zero-order valence-electron chi connectivity index (χ0n) is 8.21. The molecule has 5 nitrogen and oxygen atoms in total. The molecule has 0 bridgehead atoms. The molecule has 2 heterocycles. The molecule has 0 fully saturated rings. The maximum absolute atomic E-state index is 11.5.